The predicted molar refractivity (Wildman–Crippen MR) is 95.0 cm³/mol. The zero-order chi connectivity index (χ0) is 17.3. The third-order valence-corrected chi connectivity index (χ3v) is 4.81. The summed E-state index contributed by atoms with van der Waals surface area (Å²) in [5.74, 6) is 0.477. The van der Waals surface area contributed by atoms with E-state index in [1.807, 2.05) is 34.8 Å². The van der Waals surface area contributed by atoms with E-state index in [0.717, 1.165) is 24.1 Å². The fourth-order valence-corrected chi connectivity index (χ4v) is 3.46. The van der Waals surface area contributed by atoms with Crippen molar-refractivity contribution in [1.29, 1.82) is 0 Å². The minimum Gasteiger partial charge on any atom is -0.382 e. The van der Waals surface area contributed by atoms with Crippen LogP contribution in [0.1, 0.15) is 31.0 Å². The molecule has 0 saturated carbocycles. The van der Waals surface area contributed by atoms with Gasteiger partial charge in [0.1, 0.15) is 17.4 Å². The summed E-state index contributed by atoms with van der Waals surface area (Å²) in [7, 11) is 0. The van der Waals surface area contributed by atoms with E-state index in [4.69, 9.17) is 15.2 Å². The Kier molecular flexibility index (Phi) is 4.15. The molecule has 0 aliphatic carbocycles. The Bertz CT molecular complexity index is 864. The van der Waals surface area contributed by atoms with E-state index in [9.17, 15) is 0 Å². The Hall–Kier alpha value is -2.44. The predicted octanol–water partition coefficient (Wildman–Crippen LogP) is 2.92. The van der Waals surface area contributed by atoms with E-state index in [-0.39, 0.29) is 6.10 Å². The molecule has 1 aromatic carbocycles. The minimum absolute atomic E-state index is 0.0819. The molecule has 6 nitrogen and oxygen atoms in total. The van der Waals surface area contributed by atoms with Crippen LogP contribution in [0.25, 0.3) is 5.52 Å². The second-order valence-corrected chi connectivity index (χ2v) is 6.67. The van der Waals surface area contributed by atoms with Gasteiger partial charge in [0.15, 0.2) is 5.82 Å². The van der Waals surface area contributed by atoms with Crippen LogP contribution in [-0.4, -0.2) is 27.3 Å². The van der Waals surface area contributed by atoms with Gasteiger partial charge in [-0.3, -0.25) is 0 Å². The van der Waals surface area contributed by atoms with Gasteiger partial charge in [-0.2, -0.15) is 5.10 Å². The van der Waals surface area contributed by atoms with Crippen LogP contribution in [0.2, 0.25) is 0 Å². The Morgan fingerprint density at radius 3 is 2.96 bits per heavy atom. The highest BCUT2D eigenvalue weighted by Gasteiger charge is 2.39. The van der Waals surface area contributed by atoms with Crippen LogP contribution in [0.5, 0.6) is 0 Å². The first kappa shape index (κ1) is 16.1. The summed E-state index contributed by atoms with van der Waals surface area (Å²) in [6, 6.07) is 14.1. The van der Waals surface area contributed by atoms with Crippen molar-refractivity contribution in [3.8, 4) is 0 Å². The molecule has 0 radical (unpaired) electrons. The molecule has 0 bridgehead atoms. The summed E-state index contributed by atoms with van der Waals surface area (Å²) in [5.41, 5.74) is 8.52. The summed E-state index contributed by atoms with van der Waals surface area (Å²) in [5, 5.41) is 4.33. The van der Waals surface area contributed by atoms with Crippen LogP contribution < -0.4 is 5.73 Å². The van der Waals surface area contributed by atoms with Crippen molar-refractivity contribution >= 4 is 11.3 Å². The first-order valence-electron chi connectivity index (χ1n) is 8.54. The van der Waals surface area contributed by atoms with Gasteiger partial charge in [0.2, 0.25) is 0 Å². The van der Waals surface area contributed by atoms with Crippen LogP contribution in [-0.2, 0) is 21.7 Å². The first-order valence-corrected chi connectivity index (χ1v) is 8.54. The number of hydrogen-bond acceptors (Lipinski definition) is 5. The van der Waals surface area contributed by atoms with Gasteiger partial charge in [-0.25, -0.2) is 9.50 Å². The summed E-state index contributed by atoms with van der Waals surface area (Å²) >= 11 is 0. The van der Waals surface area contributed by atoms with Crippen molar-refractivity contribution in [3.05, 3.63) is 60.0 Å². The average molecular weight is 338 g/mol. The number of rotatable bonds is 5. The highest BCUT2D eigenvalue weighted by atomic mass is 16.6. The Balaban J connectivity index is 1.43. The highest BCUT2D eigenvalue weighted by Crippen LogP contribution is 2.39. The molecule has 4 rings (SSSR count). The molecule has 3 aromatic rings. The Morgan fingerprint density at radius 1 is 1.28 bits per heavy atom. The zero-order valence-corrected chi connectivity index (χ0v) is 14.3. The third kappa shape index (κ3) is 3.10. The van der Waals surface area contributed by atoms with Crippen LogP contribution in [0.15, 0.2) is 48.8 Å². The van der Waals surface area contributed by atoms with E-state index in [1.165, 1.54) is 11.9 Å². The maximum Gasteiger partial charge on any atom is 0.151 e. The van der Waals surface area contributed by atoms with Crippen LogP contribution in [0.4, 0.5) is 5.82 Å². The van der Waals surface area contributed by atoms with Gasteiger partial charge in [0, 0.05) is 0 Å². The van der Waals surface area contributed by atoms with Gasteiger partial charge in [0.25, 0.3) is 0 Å². The largest absolute Gasteiger partial charge is 0.382 e. The third-order valence-electron chi connectivity index (χ3n) is 4.81. The number of benzene rings is 1. The van der Waals surface area contributed by atoms with Gasteiger partial charge in [0.05, 0.1) is 25.0 Å². The second kappa shape index (κ2) is 6.46. The molecule has 1 saturated heterocycles. The Labute approximate surface area is 146 Å². The molecule has 3 heterocycles. The monoisotopic (exact) mass is 338 g/mol. The number of nitrogen functional groups attached to an aromatic ring is 1. The summed E-state index contributed by atoms with van der Waals surface area (Å²) < 4.78 is 14.0. The SMILES string of the molecule is CC1(c2ccc3c(N)ncnn23)CCC(COCc2ccccc2)O1. The van der Waals surface area contributed by atoms with Crippen molar-refractivity contribution < 1.29 is 9.47 Å². The molecular formula is C19H22N4O2. The number of nitrogens with zero attached hydrogens (tertiary/aromatic N) is 3. The van der Waals surface area contributed by atoms with Crippen molar-refractivity contribution in [2.24, 2.45) is 0 Å². The number of fused-ring (bicyclic) bond motifs is 1. The second-order valence-electron chi connectivity index (χ2n) is 6.67. The van der Waals surface area contributed by atoms with Crippen LogP contribution in [0.3, 0.4) is 0 Å². The number of aromatic nitrogens is 3. The Morgan fingerprint density at radius 2 is 2.12 bits per heavy atom. The van der Waals surface area contributed by atoms with Crippen molar-refractivity contribution in [2.45, 2.75) is 38.1 Å². The molecule has 2 atom stereocenters. The van der Waals surface area contributed by atoms with Gasteiger partial charge >= 0.3 is 0 Å². The maximum atomic E-state index is 6.33. The fraction of sp³-hybridized carbons (Fsp3) is 0.368. The minimum atomic E-state index is -0.395. The fourth-order valence-electron chi connectivity index (χ4n) is 3.46. The topological polar surface area (TPSA) is 74.7 Å². The quantitative estimate of drug-likeness (QED) is 0.774. The van der Waals surface area contributed by atoms with Crippen molar-refractivity contribution in [3.63, 3.8) is 0 Å². The van der Waals surface area contributed by atoms with Crippen molar-refractivity contribution in [2.75, 3.05) is 12.3 Å². The number of hydrogen-bond donors (Lipinski definition) is 1. The molecule has 0 amide bonds. The molecule has 1 aliphatic heterocycles. The molecule has 25 heavy (non-hydrogen) atoms. The summed E-state index contributed by atoms with van der Waals surface area (Å²) in [4.78, 5) is 4.04. The maximum absolute atomic E-state index is 6.33. The zero-order valence-electron chi connectivity index (χ0n) is 14.3. The van der Waals surface area contributed by atoms with Crippen LogP contribution in [0, 0.1) is 0 Å². The van der Waals surface area contributed by atoms with Gasteiger partial charge in [-0.05, 0) is 37.5 Å². The highest BCUT2D eigenvalue weighted by molar-refractivity contribution is 5.65. The van der Waals surface area contributed by atoms with Gasteiger partial charge in [-0.15, -0.1) is 0 Å². The summed E-state index contributed by atoms with van der Waals surface area (Å²) in [6.07, 6.45) is 3.44. The molecule has 2 N–H and O–H groups in total. The molecular weight excluding hydrogens is 316 g/mol. The lowest BCUT2D eigenvalue weighted by Crippen LogP contribution is -2.26. The molecule has 1 aliphatic rings. The van der Waals surface area contributed by atoms with Crippen molar-refractivity contribution in [1.82, 2.24) is 14.6 Å². The van der Waals surface area contributed by atoms with Gasteiger partial charge < -0.3 is 15.2 Å². The molecule has 2 unspecified atom stereocenters. The number of anilines is 1. The smallest absolute Gasteiger partial charge is 0.151 e. The lowest BCUT2D eigenvalue weighted by molar-refractivity contribution is -0.0712. The molecule has 1 fully saturated rings. The number of nitrogens with two attached hydrogens (primary N) is 1. The van der Waals surface area contributed by atoms with E-state index >= 15 is 0 Å². The van der Waals surface area contributed by atoms with E-state index in [0.29, 0.717) is 19.0 Å². The molecule has 130 valence electrons. The van der Waals surface area contributed by atoms with Gasteiger partial charge in [-0.1, -0.05) is 30.3 Å². The first-order chi connectivity index (χ1) is 12.2. The van der Waals surface area contributed by atoms with E-state index in [2.05, 4.69) is 29.1 Å². The lowest BCUT2D eigenvalue weighted by atomic mass is 9.98. The van der Waals surface area contributed by atoms with E-state index < -0.39 is 5.60 Å². The normalized spacial score (nSPS) is 23.3. The molecule has 2 aromatic heterocycles. The van der Waals surface area contributed by atoms with E-state index in [1.54, 1.807) is 0 Å². The summed E-state index contributed by atoms with van der Waals surface area (Å²) in [6.45, 7) is 3.30. The molecule has 0 spiro atoms. The standard InChI is InChI=1S/C19H22N4O2/c1-19(17-8-7-16-18(20)21-13-22-23(16)17)10-9-15(25-19)12-24-11-14-5-3-2-4-6-14/h2-8,13,15H,9-12H2,1H3,(H2,20,21,22). The molecule has 6 heteroatoms. The number of ether oxygens (including phenoxy) is 2. The average Bonchev–Trinajstić information content (AvgIpc) is 3.22. The lowest BCUT2D eigenvalue weighted by Gasteiger charge is -2.24. The van der Waals surface area contributed by atoms with Crippen LogP contribution >= 0.6 is 0 Å².